The van der Waals surface area contributed by atoms with Crippen molar-refractivity contribution in [3.63, 3.8) is 0 Å². The third-order valence-corrected chi connectivity index (χ3v) is 7.29. The summed E-state index contributed by atoms with van der Waals surface area (Å²) in [6.07, 6.45) is 0.470. The van der Waals surface area contributed by atoms with Crippen molar-refractivity contribution in [2.75, 3.05) is 24.7 Å². The lowest BCUT2D eigenvalue weighted by Gasteiger charge is -2.32. The van der Waals surface area contributed by atoms with E-state index < -0.39 is 27.7 Å². The molecule has 8 nitrogen and oxygen atoms in total. The van der Waals surface area contributed by atoms with Crippen LogP contribution in [0.25, 0.3) is 0 Å². The Morgan fingerprint density at radius 3 is 2.48 bits per heavy atom. The maximum Gasteiger partial charge on any atom is 0.335 e. The van der Waals surface area contributed by atoms with Gasteiger partial charge in [0, 0.05) is 17.5 Å². The topological polar surface area (TPSA) is 95.1 Å². The molecule has 2 saturated heterocycles. The van der Waals surface area contributed by atoms with Crippen molar-refractivity contribution in [2.24, 2.45) is 5.92 Å². The molecule has 2 aliphatic rings. The Hall–Kier alpha value is -1.78. The van der Waals surface area contributed by atoms with E-state index in [0.29, 0.717) is 13.0 Å². The van der Waals surface area contributed by atoms with Gasteiger partial charge in [0.15, 0.2) is 9.84 Å². The van der Waals surface area contributed by atoms with Crippen LogP contribution < -0.4 is 0 Å². The van der Waals surface area contributed by atoms with Crippen LogP contribution in [0.1, 0.15) is 25.1 Å². The molecule has 1 atom stereocenters. The quantitative estimate of drug-likeness (QED) is 0.491. The van der Waals surface area contributed by atoms with E-state index in [1.807, 2.05) is 30.2 Å². The lowest BCUT2D eigenvalue weighted by atomic mass is 10.1. The van der Waals surface area contributed by atoms with Crippen molar-refractivity contribution in [3.8, 4) is 0 Å². The second kappa shape index (κ2) is 7.69. The van der Waals surface area contributed by atoms with E-state index in [9.17, 15) is 22.8 Å². The summed E-state index contributed by atoms with van der Waals surface area (Å²) in [4.78, 5) is 41.9. The molecule has 0 radical (unpaired) electrons. The Kier molecular flexibility index (Phi) is 5.68. The van der Waals surface area contributed by atoms with Crippen molar-refractivity contribution in [2.45, 2.75) is 32.9 Å². The first kappa shape index (κ1) is 20.0. The molecule has 0 aromatic carbocycles. The van der Waals surface area contributed by atoms with Crippen LogP contribution in [0, 0.1) is 5.92 Å². The first-order valence-corrected chi connectivity index (χ1v) is 11.5. The van der Waals surface area contributed by atoms with Gasteiger partial charge in [0.1, 0.15) is 0 Å². The summed E-state index contributed by atoms with van der Waals surface area (Å²) < 4.78 is 23.7. The number of amides is 4. The average Bonchev–Trinajstić information content (AvgIpc) is 3.27. The van der Waals surface area contributed by atoms with Crippen molar-refractivity contribution in [1.82, 2.24) is 14.7 Å². The molecule has 1 aromatic rings. The number of rotatable bonds is 7. The van der Waals surface area contributed by atoms with Crippen LogP contribution in [-0.4, -0.2) is 71.7 Å². The van der Waals surface area contributed by atoms with Gasteiger partial charge in [-0.15, -0.1) is 11.3 Å². The van der Waals surface area contributed by atoms with E-state index in [0.717, 1.165) is 14.7 Å². The molecule has 1 aromatic heterocycles. The normalized spacial score (nSPS) is 22.7. The number of sulfone groups is 1. The molecule has 3 rings (SSSR count). The second-order valence-corrected chi connectivity index (χ2v) is 10.6. The number of hydrogen-bond acceptors (Lipinski definition) is 7. The number of carbonyl (C=O) groups is 3. The van der Waals surface area contributed by atoms with Crippen LogP contribution in [-0.2, 0) is 26.0 Å². The zero-order valence-corrected chi connectivity index (χ0v) is 17.0. The SMILES string of the molecule is CC(C)CN(CN1C(=O)C(=O)N(Cc2cccs2)C1=O)C1CCS(=O)(=O)C1. The lowest BCUT2D eigenvalue weighted by molar-refractivity contribution is -0.144. The minimum Gasteiger partial charge on any atom is -0.281 e. The number of urea groups is 1. The van der Waals surface area contributed by atoms with Gasteiger partial charge in [0.2, 0.25) is 0 Å². The molecule has 2 fully saturated rings. The Bertz CT molecular complexity index is 835. The van der Waals surface area contributed by atoms with Crippen LogP contribution in [0.2, 0.25) is 0 Å². The molecule has 1 unspecified atom stereocenters. The van der Waals surface area contributed by atoms with E-state index in [1.54, 1.807) is 6.07 Å². The molecule has 10 heteroatoms. The van der Waals surface area contributed by atoms with E-state index in [-0.39, 0.29) is 36.7 Å². The Labute approximate surface area is 162 Å². The average molecular weight is 414 g/mol. The molecule has 148 valence electrons. The van der Waals surface area contributed by atoms with Gasteiger partial charge in [-0.25, -0.2) is 18.1 Å². The Balaban J connectivity index is 1.75. The number of imide groups is 2. The molecule has 0 spiro atoms. The van der Waals surface area contributed by atoms with E-state index in [1.165, 1.54) is 11.3 Å². The minimum absolute atomic E-state index is 0.0167. The van der Waals surface area contributed by atoms with Crippen LogP contribution in [0.5, 0.6) is 0 Å². The fraction of sp³-hybridized carbons (Fsp3) is 0.588. The fourth-order valence-corrected chi connectivity index (χ4v) is 5.86. The molecule has 2 aliphatic heterocycles. The first-order valence-electron chi connectivity index (χ1n) is 8.82. The van der Waals surface area contributed by atoms with Crippen LogP contribution in [0.4, 0.5) is 4.79 Å². The third kappa shape index (κ3) is 4.39. The lowest BCUT2D eigenvalue weighted by Crippen LogP contribution is -2.48. The molecule has 0 saturated carbocycles. The minimum atomic E-state index is -3.10. The highest BCUT2D eigenvalue weighted by Crippen LogP contribution is 2.23. The molecular formula is C17H23N3O5S2. The van der Waals surface area contributed by atoms with Gasteiger partial charge in [-0.3, -0.25) is 19.4 Å². The van der Waals surface area contributed by atoms with Crippen molar-refractivity contribution < 1.29 is 22.8 Å². The van der Waals surface area contributed by atoms with Crippen molar-refractivity contribution in [1.29, 1.82) is 0 Å². The third-order valence-electron chi connectivity index (χ3n) is 4.68. The van der Waals surface area contributed by atoms with Gasteiger partial charge in [0.05, 0.1) is 24.7 Å². The molecule has 27 heavy (non-hydrogen) atoms. The van der Waals surface area contributed by atoms with Gasteiger partial charge < -0.3 is 0 Å². The summed E-state index contributed by atoms with van der Waals surface area (Å²) in [5, 5.41) is 1.84. The van der Waals surface area contributed by atoms with Gasteiger partial charge in [0.25, 0.3) is 0 Å². The van der Waals surface area contributed by atoms with Gasteiger partial charge in [-0.2, -0.15) is 0 Å². The Morgan fingerprint density at radius 1 is 1.22 bits per heavy atom. The molecule has 3 heterocycles. The predicted molar refractivity (Wildman–Crippen MR) is 101 cm³/mol. The number of carbonyl (C=O) groups excluding carboxylic acids is 3. The fourth-order valence-electron chi connectivity index (χ4n) is 3.41. The molecule has 0 bridgehead atoms. The molecule has 4 amide bonds. The molecule has 0 N–H and O–H groups in total. The highest BCUT2D eigenvalue weighted by molar-refractivity contribution is 7.91. The summed E-state index contributed by atoms with van der Waals surface area (Å²) in [7, 11) is -3.10. The Morgan fingerprint density at radius 2 is 1.93 bits per heavy atom. The van der Waals surface area contributed by atoms with Crippen LogP contribution in [0.15, 0.2) is 17.5 Å². The van der Waals surface area contributed by atoms with Gasteiger partial charge in [-0.1, -0.05) is 19.9 Å². The van der Waals surface area contributed by atoms with E-state index in [2.05, 4.69) is 0 Å². The zero-order valence-electron chi connectivity index (χ0n) is 15.3. The second-order valence-electron chi connectivity index (χ2n) is 7.35. The van der Waals surface area contributed by atoms with Gasteiger partial charge in [-0.05, 0) is 23.8 Å². The maximum absolute atomic E-state index is 12.7. The molecular weight excluding hydrogens is 390 g/mol. The summed E-state index contributed by atoms with van der Waals surface area (Å²) in [6, 6.07) is 2.72. The van der Waals surface area contributed by atoms with E-state index >= 15 is 0 Å². The summed E-state index contributed by atoms with van der Waals surface area (Å²) >= 11 is 1.41. The smallest absolute Gasteiger partial charge is 0.281 e. The number of thiophene rings is 1. The maximum atomic E-state index is 12.7. The molecule has 0 aliphatic carbocycles. The first-order chi connectivity index (χ1) is 12.7. The summed E-state index contributed by atoms with van der Waals surface area (Å²) in [5.41, 5.74) is 0. The van der Waals surface area contributed by atoms with Crippen molar-refractivity contribution >= 4 is 39.0 Å². The van der Waals surface area contributed by atoms with E-state index in [4.69, 9.17) is 0 Å². The van der Waals surface area contributed by atoms with Crippen LogP contribution in [0.3, 0.4) is 0 Å². The highest BCUT2D eigenvalue weighted by atomic mass is 32.2. The summed E-state index contributed by atoms with van der Waals surface area (Å²) in [6.45, 7) is 4.51. The number of nitrogens with zero attached hydrogens (tertiary/aromatic N) is 3. The standard InChI is InChI=1S/C17H23N3O5S2/c1-12(2)8-18(13-5-7-27(24,25)10-13)11-20-16(22)15(21)19(17(20)23)9-14-4-3-6-26-14/h3-4,6,12-13H,5,7-11H2,1-2H3. The monoisotopic (exact) mass is 413 g/mol. The highest BCUT2D eigenvalue weighted by Gasteiger charge is 2.46. The van der Waals surface area contributed by atoms with Gasteiger partial charge >= 0.3 is 17.8 Å². The predicted octanol–water partition coefficient (Wildman–Crippen LogP) is 1.14. The van der Waals surface area contributed by atoms with Crippen molar-refractivity contribution in [3.05, 3.63) is 22.4 Å². The largest absolute Gasteiger partial charge is 0.335 e. The number of hydrogen-bond donors (Lipinski definition) is 0. The zero-order chi connectivity index (χ0) is 19.8. The summed E-state index contributed by atoms with van der Waals surface area (Å²) in [5.74, 6) is -1.34. The van der Waals surface area contributed by atoms with Crippen LogP contribution >= 0.6 is 11.3 Å².